The van der Waals surface area contributed by atoms with Crippen LogP contribution in [0.4, 0.5) is 15.5 Å². The largest absolute Gasteiger partial charge is 0.347 e. The smallest absolute Gasteiger partial charge is 0.324 e. The van der Waals surface area contributed by atoms with Gasteiger partial charge in [0, 0.05) is 18.3 Å². The highest BCUT2D eigenvalue weighted by Gasteiger charge is 2.18. The molecule has 1 unspecified atom stereocenters. The number of para-hydroxylation sites is 1. The molecule has 0 radical (unpaired) electrons. The summed E-state index contributed by atoms with van der Waals surface area (Å²) in [4.78, 5) is 24.6. The lowest BCUT2D eigenvalue weighted by Crippen LogP contribution is -2.35. The quantitative estimate of drug-likeness (QED) is 0.695. The van der Waals surface area contributed by atoms with E-state index in [1.165, 1.54) is 11.3 Å². The number of thiophene rings is 1. The zero-order valence-electron chi connectivity index (χ0n) is 12.5. The molecular formula is C16H18N4O2S. The number of carbonyl (C=O) groups excluding carboxylic acids is 2. The highest BCUT2D eigenvalue weighted by atomic mass is 32.1. The van der Waals surface area contributed by atoms with E-state index < -0.39 is 0 Å². The van der Waals surface area contributed by atoms with Crippen LogP contribution in [0.2, 0.25) is 0 Å². The summed E-state index contributed by atoms with van der Waals surface area (Å²) < 4.78 is 0. The van der Waals surface area contributed by atoms with Crippen LogP contribution in [0, 0.1) is 0 Å². The molecule has 1 fully saturated rings. The average Bonchev–Trinajstić information content (AvgIpc) is 3.20. The molecule has 0 saturated carbocycles. The lowest BCUT2D eigenvalue weighted by molar-refractivity contribution is 0.0944. The molecule has 1 aliphatic heterocycles. The first-order chi connectivity index (χ1) is 11.2. The Labute approximate surface area is 138 Å². The van der Waals surface area contributed by atoms with E-state index in [-0.39, 0.29) is 18.0 Å². The van der Waals surface area contributed by atoms with Gasteiger partial charge < -0.3 is 16.0 Å². The van der Waals surface area contributed by atoms with Gasteiger partial charge in [-0.05, 0) is 37.2 Å². The maximum absolute atomic E-state index is 12.1. The van der Waals surface area contributed by atoms with E-state index in [9.17, 15) is 9.59 Å². The molecule has 120 valence electrons. The minimum Gasteiger partial charge on any atom is -0.347 e. The van der Waals surface area contributed by atoms with Crippen molar-refractivity contribution in [3.05, 3.63) is 47.3 Å². The number of rotatable bonds is 4. The van der Waals surface area contributed by atoms with Crippen LogP contribution in [0.5, 0.6) is 0 Å². The van der Waals surface area contributed by atoms with Gasteiger partial charge in [-0.15, -0.1) is 11.3 Å². The van der Waals surface area contributed by atoms with Crippen molar-refractivity contribution in [1.29, 1.82) is 0 Å². The van der Waals surface area contributed by atoms with Crippen LogP contribution in [0.25, 0.3) is 0 Å². The third-order valence-corrected chi connectivity index (χ3v) is 4.49. The number of hydrogen-bond acceptors (Lipinski definition) is 4. The molecule has 0 spiro atoms. The average molecular weight is 330 g/mol. The van der Waals surface area contributed by atoms with Gasteiger partial charge in [-0.3, -0.25) is 10.1 Å². The Hall–Kier alpha value is -2.38. The maximum atomic E-state index is 12.1. The van der Waals surface area contributed by atoms with Crippen LogP contribution in [0.1, 0.15) is 16.1 Å². The number of anilines is 2. The summed E-state index contributed by atoms with van der Waals surface area (Å²) >= 11 is 1.26. The second-order valence-corrected chi connectivity index (χ2v) is 6.36. The predicted molar refractivity (Wildman–Crippen MR) is 92.1 cm³/mol. The molecule has 1 aliphatic rings. The topological polar surface area (TPSA) is 82.3 Å². The zero-order valence-corrected chi connectivity index (χ0v) is 13.3. The lowest BCUT2D eigenvalue weighted by atomic mass is 10.2. The summed E-state index contributed by atoms with van der Waals surface area (Å²) in [6.45, 7) is 1.74. The van der Waals surface area contributed by atoms with Crippen molar-refractivity contribution in [3.63, 3.8) is 0 Å². The van der Waals surface area contributed by atoms with Gasteiger partial charge in [-0.1, -0.05) is 18.2 Å². The van der Waals surface area contributed by atoms with E-state index >= 15 is 0 Å². The van der Waals surface area contributed by atoms with Crippen molar-refractivity contribution in [1.82, 2.24) is 10.6 Å². The Kier molecular flexibility index (Phi) is 4.89. The maximum Gasteiger partial charge on any atom is 0.324 e. The predicted octanol–water partition coefficient (Wildman–Crippen LogP) is 2.48. The summed E-state index contributed by atoms with van der Waals surface area (Å²) in [5, 5.41) is 12.3. The standard InChI is InChI=1S/C16H18N4O2S/c21-15(18-12-8-9-17-10-12)13-6-7-14(23-13)20-16(22)19-11-4-2-1-3-5-11/h1-7,12,17H,8-10H2,(H,18,21)(H2,19,20,22). The minimum atomic E-state index is -0.329. The fourth-order valence-corrected chi connectivity index (χ4v) is 3.16. The van der Waals surface area contributed by atoms with Crippen LogP contribution < -0.4 is 21.3 Å². The Balaban J connectivity index is 1.54. The summed E-state index contributed by atoms with van der Waals surface area (Å²) in [5.74, 6) is -0.0970. The summed E-state index contributed by atoms with van der Waals surface area (Å²) in [6.07, 6.45) is 0.946. The summed E-state index contributed by atoms with van der Waals surface area (Å²) in [5.41, 5.74) is 0.716. The van der Waals surface area contributed by atoms with Crippen LogP contribution in [0.15, 0.2) is 42.5 Å². The third-order valence-electron chi connectivity index (χ3n) is 3.49. The first-order valence-corrected chi connectivity index (χ1v) is 8.27. The van der Waals surface area contributed by atoms with Crippen molar-refractivity contribution >= 4 is 34.0 Å². The number of hydrogen-bond donors (Lipinski definition) is 4. The van der Waals surface area contributed by atoms with Gasteiger partial charge >= 0.3 is 6.03 Å². The van der Waals surface area contributed by atoms with E-state index in [1.807, 2.05) is 30.3 Å². The van der Waals surface area contributed by atoms with Gasteiger partial charge in [0.05, 0.1) is 9.88 Å². The summed E-state index contributed by atoms with van der Waals surface area (Å²) in [6, 6.07) is 12.5. The van der Waals surface area contributed by atoms with E-state index in [4.69, 9.17) is 0 Å². The Morgan fingerprint density at radius 1 is 1.09 bits per heavy atom. The molecule has 6 nitrogen and oxygen atoms in total. The SMILES string of the molecule is O=C(Nc1ccccc1)Nc1ccc(C(=O)NC2CCNC2)s1. The van der Waals surface area contributed by atoms with Crippen molar-refractivity contribution in [2.75, 3.05) is 23.7 Å². The van der Waals surface area contributed by atoms with Crippen molar-refractivity contribution in [2.45, 2.75) is 12.5 Å². The molecule has 3 amide bonds. The van der Waals surface area contributed by atoms with Gasteiger partial charge in [0.1, 0.15) is 0 Å². The van der Waals surface area contributed by atoms with Gasteiger partial charge in [0.15, 0.2) is 0 Å². The molecule has 1 atom stereocenters. The summed E-state index contributed by atoms with van der Waals surface area (Å²) in [7, 11) is 0. The lowest BCUT2D eigenvalue weighted by Gasteiger charge is -2.09. The van der Waals surface area contributed by atoms with Gasteiger partial charge in [-0.25, -0.2) is 4.79 Å². The van der Waals surface area contributed by atoms with E-state index in [0.29, 0.717) is 15.6 Å². The number of carbonyl (C=O) groups is 2. The number of amides is 3. The van der Waals surface area contributed by atoms with Gasteiger partial charge in [0.25, 0.3) is 5.91 Å². The van der Waals surface area contributed by atoms with Gasteiger partial charge in [0.2, 0.25) is 0 Å². The molecule has 1 aromatic carbocycles. The van der Waals surface area contributed by atoms with Crippen LogP contribution >= 0.6 is 11.3 Å². The molecule has 2 heterocycles. The number of benzene rings is 1. The molecule has 4 N–H and O–H groups in total. The van der Waals surface area contributed by atoms with Crippen molar-refractivity contribution < 1.29 is 9.59 Å². The van der Waals surface area contributed by atoms with Crippen LogP contribution in [-0.4, -0.2) is 31.1 Å². The molecule has 0 aliphatic carbocycles. The minimum absolute atomic E-state index is 0.0970. The molecule has 2 aromatic rings. The van der Waals surface area contributed by atoms with Crippen molar-refractivity contribution in [2.24, 2.45) is 0 Å². The molecule has 7 heteroatoms. The Morgan fingerprint density at radius 3 is 2.65 bits per heavy atom. The molecule has 3 rings (SSSR count). The Bertz CT molecular complexity index is 680. The normalized spacial score (nSPS) is 16.8. The fourth-order valence-electron chi connectivity index (χ4n) is 2.36. The van der Waals surface area contributed by atoms with Crippen LogP contribution in [-0.2, 0) is 0 Å². The highest BCUT2D eigenvalue weighted by molar-refractivity contribution is 7.18. The number of urea groups is 1. The fraction of sp³-hybridized carbons (Fsp3) is 0.250. The van der Waals surface area contributed by atoms with Crippen LogP contribution in [0.3, 0.4) is 0 Å². The first-order valence-electron chi connectivity index (χ1n) is 7.45. The van der Waals surface area contributed by atoms with Crippen molar-refractivity contribution in [3.8, 4) is 0 Å². The second-order valence-electron chi connectivity index (χ2n) is 5.27. The molecule has 1 aromatic heterocycles. The molecule has 23 heavy (non-hydrogen) atoms. The second kappa shape index (κ2) is 7.26. The third kappa shape index (κ3) is 4.30. The molecule has 0 bridgehead atoms. The Morgan fingerprint density at radius 2 is 1.91 bits per heavy atom. The molecule has 1 saturated heterocycles. The van der Waals surface area contributed by atoms with E-state index in [1.54, 1.807) is 12.1 Å². The monoisotopic (exact) mass is 330 g/mol. The van der Waals surface area contributed by atoms with Gasteiger partial charge in [-0.2, -0.15) is 0 Å². The van der Waals surface area contributed by atoms with E-state index in [0.717, 1.165) is 19.5 Å². The highest BCUT2D eigenvalue weighted by Crippen LogP contribution is 2.22. The van der Waals surface area contributed by atoms with E-state index in [2.05, 4.69) is 21.3 Å². The first kappa shape index (κ1) is 15.5. The number of nitrogens with one attached hydrogen (secondary N) is 4. The molecular weight excluding hydrogens is 312 g/mol. The zero-order chi connectivity index (χ0) is 16.1.